The molecule has 0 atom stereocenters. The first-order valence-electron chi connectivity index (χ1n) is 11.1. The molecule has 174 valence electrons. The molecule has 0 saturated carbocycles. The Hall–Kier alpha value is -4.10. The number of benzene rings is 3. The molecule has 0 bridgehead atoms. The van der Waals surface area contributed by atoms with Crippen LogP contribution in [0.4, 0.5) is 10.1 Å². The van der Waals surface area contributed by atoms with Gasteiger partial charge >= 0.3 is 0 Å². The number of fused-ring (bicyclic) bond motifs is 1. The number of thiocarbonyl (C=S) groups is 1. The zero-order chi connectivity index (χ0) is 24.7. The van der Waals surface area contributed by atoms with E-state index in [0.29, 0.717) is 12.2 Å². The van der Waals surface area contributed by atoms with Gasteiger partial charge in [-0.1, -0.05) is 42.5 Å². The molecule has 0 radical (unpaired) electrons. The van der Waals surface area contributed by atoms with Gasteiger partial charge in [0.25, 0.3) is 11.8 Å². The number of carbonyl (C=O) groups excluding carboxylic acids is 2. The number of carbonyl (C=O) groups is 2. The molecule has 1 N–H and O–H groups in total. The highest BCUT2D eigenvalue weighted by molar-refractivity contribution is 7.80. The second kappa shape index (κ2) is 8.92. The van der Waals surface area contributed by atoms with Crippen LogP contribution in [0.15, 0.2) is 78.5 Å². The lowest BCUT2D eigenvalue weighted by molar-refractivity contribution is -0.122. The largest absolute Gasteiger partial charge is 0.342 e. The van der Waals surface area contributed by atoms with Gasteiger partial charge in [-0.3, -0.25) is 19.8 Å². The van der Waals surface area contributed by atoms with Crippen molar-refractivity contribution in [2.75, 3.05) is 4.90 Å². The van der Waals surface area contributed by atoms with Crippen molar-refractivity contribution in [3.8, 4) is 0 Å². The number of hydrogen-bond donors (Lipinski definition) is 1. The average molecular weight is 484 g/mol. The van der Waals surface area contributed by atoms with Crippen LogP contribution < -0.4 is 10.2 Å². The first-order chi connectivity index (χ1) is 16.8. The number of aryl methyl sites for hydroxylation is 1. The Bertz CT molecular complexity index is 1540. The smallest absolute Gasteiger partial charge is 0.270 e. The van der Waals surface area contributed by atoms with E-state index in [1.807, 2.05) is 67.1 Å². The first-order valence-corrected chi connectivity index (χ1v) is 11.5. The lowest BCUT2D eigenvalue weighted by Gasteiger charge is -2.30. The second-order valence-electron chi connectivity index (χ2n) is 8.53. The summed E-state index contributed by atoms with van der Waals surface area (Å²) >= 11 is 5.36. The van der Waals surface area contributed by atoms with Crippen molar-refractivity contribution in [3.05, 3.63) is 107 Å². The van der Waals surface area contributed by atoms with Gasteiger partial charge in [0, 0.05) is 29.2 Å². The van der Waals surface area contributed by atoms with Gasteiger partial charge < -0.3 is 4.57 Å². The van der Waals surface area contributed by atoms with Gasteiger partial charge in [0.1, 0.15) is 11.4 Å². The van der Waals surface area contributed by atoms with Crippen LogP contribution in [0.3, 0.4) is 0 Å². The van der Waals surface area contributed by atoms with Gasteiger partial charge in [0.2, 0.25) is 0 Å². The Morgan fingerprint density at radius 3 is 2.49 bits per heavy atom. The maximum absolute atomic E-state index is 13.5. The third-order valence-corrected chi connectivity index (χ3v) is 6.59. The Kier molecular flexibility index (Phi) is 5.78. The molecule has 1 saturated heterocycles. The highest BCUT2D eigenvalue weighted by Gasteiger charge is 2.35. The molecule has 7 heteroatoms. The summed E-state index contributed by atoms with van der Waals surface area (Å²) in [7, 11) is 0. The Labute approximate surface area is 207 Å². The molecule has 5 rings (SSSR count). The highest BCUT2D eigenvalue weighted by Crippen LogP contribution is 2.29. The van der Waals surface area contributed by atoms with E-state index in [4.69, 9.17) is 12.2 Å². The lowest BCUT2D eigenvalue weighted by Crippen LogP contribution is -2.54. The van der Waals surface area contributed by atoms with E-state index in [1.165, 1.54) is 17.0 Å². The first kappa shape index (κ1) is 22.7. The molecule has 1 aromatic heterocycles. The van der Waals surface area contributed by atoms with Crippen molar-refractivity contribution in [3.63, 3.8) is 0 Å². The van der Waals surface area contributed by atoms with Crippen LogP contribution >= 0.6 is 12.2 Å². The summed E-state index contributed by atoms with van der Waals surface area (Å²) in [5.41, 5.74) is 5.18. The number of nitrogens with zero attached hydrogens (tertiary/aromatic N) is 2. The van der Waals surface area contributed by atoms with Gasteiger partial charge in [0.05, 0.1) is 5.69 Å². The third-order valence-electron chi connectivity index (χ3n) is 6.30. The number of amides is 2. The van der Waals surface area contributed by atoms with E-state index in [2.05, 4.69) is 5.32 Å². The molecule has 0 unspecified atom stereocenters. The van der Waals surface area contributed by atoms with Crippen LogP contribution in [0, 0.1) is 19.7 Å². The Morgan fingerprint density at radius 2 is 1.71 bits per heavy atom. The zero-order valence-electron chi connectivity index (χ0n) is 19.2. The molecule has 1 aliphatic rings. The predicted molar refractivity (Wildman–Crippen MR) is 140 cm³/mol. The molecule has 4 aromatic rings. The SMILES string of the molecule is Cc1cccc(N2C(=O)/C(=C/c3cn(Cc4ccc(F)cc4)c4ccccc34)C(=O)NC2=S)c1C. The van der Waals surface area contributed by atoms with Crippen LogP contribution in [0.25, 0.3) is 17.0 Å². The minimum absolute atomic E-state index is 0.00388. The maximum atomic E-state index is 13.5. The van der Waals surface area contributed by atoms with Gasteiger partial charge in [-0.2, -0.15) is 0 Å². The molecule has 3 aromatic carbocycles. The van der Waals surface area contributed by atoms with Crippen LogP contribution in [-0.4, -0.2) is 21.5 Å². The van der Waals surface area contributed by atoms with E-state index < -0.39 is 11.8 Å². The van der Waals surface area contributed by atoms with Crippen molar-refractivity contribution in [2.24, 2.45) is 0 Å². The van der Waals surface area contributed by atoms with Crippen molar-refractivity contribution in [2.45, 2.75) is 20.4 Å². The summed E-state index contributed by atoms with van der Waals surface area (Å²) in [5.74, 6) is -1.29. The van der Waals surface area contributed by atoms with Crippen molar-refractivity contribution < 1.29 is 14.0 Å². The van der Waals surface area contributed by atoms with E-state index in [9.17, 15) is 14.0 Å². The summed E-state index contributed by atoms with van der Waals surface area (Å²) in [6, 6.07) is 19.7. The normalized spacial score (nSPS) is 15.2. The van der Waals surface area contributed by atoms with E-state index in [0.717, 1.165) is 33.2 Å². The lowest BCUT2D eigenvalue weighted by atomic mass is 10.0. The molecule has 1 aliphatic heterocycles. The molecule has 2 amide bonds. The number of para-hydroxylation sites is 1. The van der Waals surface area contributed by atoms with Crippen molar-refractivity contribution in [1.82, 2.24) is 9.88 Å². The fourth-order valence-corrected chi connectivity index (χ4v) is 4.59. The quantitative estimate of drug-likeness (QED) is 0.244. The molecular weight excluding hydrogens is 461 g/mol. The standard InChI is InChI=1S/C28H22FN3O2S/c1-17-6-5-9-24(18(17)2)32-27(34)23(26(33)30-28(32)35)14-20-16-31(25-8-4-3-7-22(20)25)15-19-10-12-21(29)13-11-19/h3-14,16H,15H2,1-2H3,(H,30,33,35)/b23-14+. The zero-order valence-corrected chi connectivity index (χ0v) is 20.0. The van der Waals surface area contributed by atoms with Crippen molar-refractivity contribution in [1.29, 1.82) is 0 Å². The van der Waals surface area contributed by atoms with E-state index in [-0.39, 0.29) is 16.5 Å². The van der Waals surface area contributed by atoms with E-state index in [1.54, 1.807) is 18.2 Å². The number of hydrogen-bond acceptors (Lipinski definition) is 3. The number of aromatic nitrogens is 1. The summed E-state index contributed by atoms with van der Waals surface area (Å²) in [5, 5.41) is 3.62. The van der Waals surface area contributed by atoms with Crippen LogP contribution in [-0.2, 0) is 16.1 Å². The fourth-order valence-electron chi connectivity index (χ4n) is 4.32. The third kappa shape index (κ3) is 4.15. The fraction of sp³-hybridized carbons (Fsp3) is 0.107. The average Bonchev–Trinajstić information content (AvgIpc) is 3.18. The van der Waals surface area contributed by atoms with Gasteiger partial charge in [0.15, 0.2) is 5.11 Å². The molecular formula is C28H22FN3O2S. The molecule has 0 spiro atoms. The molecule has 35 heavy (non-hydrogen) atoms. The predicted octanol–water partition coefficient (Wildman–Crippen LogP) is 5.28. The minimum atomic E-state index is -0.531. The minimum Gasteiger partial charge on any atom is -0.342 e. The molecule has 2 heterocycles. The van der Waals surface area contributed by atoms with E-state index >= 15 is 0 Å². The number of halogens is 1. The topological polar surface area (TPSA) is 54.3 Å². The van der Waals surface area contributed by atoms with Crippen LogP contribution in [0.1, 0.15) is 22.3 Å². The highest BCUT2D eigenvalue weighted by atomic mass is 32.1. The van der Waals surface area contributed by atoms with Crippen molar-refractivity contribution >= 4 is 51.8 Å². The van der Waals surface area contributed by atoms with Gasteiger partial charge in [-0.15, -0.1) is 0 Å². The Morgan fingerprint density at radius 1 is 0.971 bits per heavy atom. The molecule has 5 nitrogen and oxygen atoms in total. The Balaban J connectivity index is 1.58. The van der Waals surface area contributed by atoms with Gasteiger partial charge in [-0.05, 0) is 73.1 Å². The number of anilines is 1. The molecule has 0 aliphatic carbocycles. The summed E-state index contributed by atoms with van der Waals surface area (Å²) in [6.45, 7) is 4.40. The summed E-state index contributed by atoms with van der Waals surface area (Å²) in [6.07, 6.45) is 3.51. The van der Waals surface area contributed by atoms with Crippen LogP contribution in [0.5, 0.6) is 0 Å². The summed E-state index contributed by atoms with van der Waals surface area (Å²) in [4.78, 5) is 27.8. The summed E-state index contributed by atoms with van der Waals surface area (Å²) < 4.78 is 15.4. The second-order valence-corrected chi connectivity index (χ2v) is 8.92. The number of rotatable bonds is 4. The number of nitrogens with one attached hydrogen (secondary N) is 1. The molecule has 1 fully saturated rings. The monoisotopic (exact) mass is 483 g/mol. The van der Waals surface area contributed by atoms with Crippen LogP contribution in [0.2, 0.25) is 0 Å². The van der Waals surface area contributed by atoms with Gasteiger partial charge in [-0.25, -0.2) is 4.39 Å². The maximum Gasteiger partial charge on any atom is 0.270 e.